The van der Waals surface area contributed by atoms with Crippen LogP contribution in [0.5, 0.6) is 5.75 Å². The normalized spacial score (nSPS) is 15.2. The Balaban J connectivity index is 1.46. The number of hydrogen-bond acceptors (Lipinski definition) is 6. The standard InChI is InChI=1S/C20H18F3N5O4/c21-20(22,23)32-12-1-2-13(15(24)8-12)18(29)28-5-3-10(4-6-28)16-14-7-11(19(30)31)9-25-17(14)27-26-16/h1-2,7-10H,3-6,24H2,(H,30,31)(H,25,26,27). The number of aromatic amines is 1. The maximum absolute atomic E-state index is 12.8. The summed E-state index contributed by atoms with van der Waals surface area (Å²) in [6.45, 7) is 0.770. The number of amides is 1. The summed E-state index contributed by atoms with van der Waals surface area (Å²) in [6, 6.07) is 4.75. The molecule has 32 heavy (non-hydrogen) atoms. The van der Waals surface area contributed by atoms with Gasteiger partial charge < -0.3 is 20.5 Å². The van der Waals surface area contributed by atoms with Gasteiger partial charge >= 0.3 is 12.3 Å². The monoisotopic (exact) mass is 449 g/mol. The Labute approximate surface area is 179 Å². The summed E-state index contributed by atoms with van der Waals surface area (Å²) < 4.78 is 40.9. The number of rotatable bonds is 4. The van der Waals surface area contributed by atoms with Gasteiger partial charge in [0.25, 0.3) is 5.91 Å². The molecule has 3 heterocycles. The van der Waals surface area contributed by atoms with E-state index >= 15 is 0 Å². The Morgan fingerprint density at radius 2 is 1.94 bits per heavy atom. The van der Waals surface area contributed by atoms with Crippen LogP contribution >= 0.6 is 0 Å². The minimum atomic E-state index is -4.85. The number of carbonyl (C=O) groups is 2. The number of nitrogens with zero attached hydrogens (tertiary/aromatic N) is 3. The molecular formula is C20H18F3N5O4. The van der Waals surface area contributed by atoms with Gasteiger partial charge in [0, 0.05) is 48.0 Å². The minimum Gasteiger partial charge on any atom is -0.478 e. The van der Waals surface area contributed by atoms with Gasteiger partial charge in [-0.2, -0.15) is 5.10 Å². The lowest BCUT2D eigenvalue weighted by molar-refractivity contribution is -0.274. The molecule has 0 aliphatic carbocycles. The Bertz CT molecular complexity index is 1190. The first-order valence-electron chi connectivity index (χ1n) is 9.64. The smallest absolute Gasteiger partial charge is 0.478 e. The number of aromatic carboxylic acids is 1. The summed E-state index contributed by atoms with van der Waals surface area (Å²) >= 11 is 0. The largest absolute Gasteiger partial charge is 0.573 e. The third kappa shape index (κ3) is 4.29. The number of alkyl halides is 3. The third-order valence-electron chi connectivity index (χ3n) is 5.36. The molecule has 1 aliphatic rings. The Hall–Kier alpha value is -3.83. The molecule has 1 aliphatic heterocycles. The van der Waals surface area contributed by atoms with Crippen molar-refractivity contribution >= 4 is 28.6 Å². The highest BCUT2D eigenvalue weighted by Crippen LogP contribution is 2.33. The fourth-order valence-electron chi connectivity index (χ4n) is 3.82. The number of likely N-dealkylation sites (tertiary alicyclic amines) is 1. The topological polar surface area (TPSA) is 134 Å². The van der Waals surface area contributed by atoms with Crippen LogP contribution in [-0.4, -0.2) is 56.5 Å². The lowest BCUT2D eigenvalue weighted by Crippen LogP contribution is -2.38. The average Bonchev–Trinajstić information content (AvgIpc) is 3.15. The number of carboxylic acids is 1. The van der Waals surface area contributed by atoms with Crippen molar-refractivity contribution in [2.75, 3.05) is 18.8 Å². The number of hydrogen-bond donors (Lipinski definition) is 3. The first-order valence-corrected chi connectivity index (χ1v) is 9.64. The van der Waals surface area contributed by atoms with Gasteiger partial charge in [-0.25, -0.2) is 9.78 Å². The SMILES string of the molecule is Nc1cc(OC(F)(F)F)ccc1C(=O)N1CCC(c2[nH]nc3ncc(C(=O)O)cc23)CC1. The summed E-state index contributed by atoms with van der Waals surface area (Å²) in [4.78, 5) is 29.7. The number of pyridine rings is 1. The molecule has 0 unspecified atom stereocenters. The van der Waals surface area contributed by atoms with Gasteiger partial charge in [0.05, 0.1) is 11.1 Å². The third-order valence-corrected chi connectivity index (χ3v) is 5.36. The molecule has 1 fully saturated rings. The summed E-state index contributed by atoms with van der Waals surface area (Å²) in [5, 5.41) is 16.9. The van der Waals surface area contributed by atoms with Crippen molar-refractivity contribution in [2.24, 2.45) is 0 Å². The number of anilines is 1. The summed E-state index contributed by atoms with van der Waals surface area (Å²) in [6.07, 6.45) is -2.45. The molecule has 0 radical (unpaired) electrons. The predicted molar refractivity (Wildman–Crippen MR) is 106 cm³/mol. The van der Waals surface area contributed by atoms with Gasteiger partial charge in [-0.3, -0.25) is 9.89 Å². The molecule has 168 valence electrons. The van der Waals surface area contributed by atoms with Crippen LogP contribution in [0.15, 0.2) is 30.5 Å². The van der Waals surface area contributed by atoms with Crippen molar-refractivity contribution in [3.05, 3.63) is 47.3 Å². The fraction of sp³-hybridized carbons (Fsp3) is 0.300. The first-order chi connectivity index (χ1) is 15.1. The molecule has 2 aromatic heterocycles. The number of ether oxygens (including phenoxy) is 1. The second-order valence-corrected chi connectivity index (χ2v) is 7.40. The lowest BCUT2D eigenvalue weighted by atomic mass is 9.91. The van der Waals surface area contributed by atoms with Crippen molar-refractivity contribution in [1.29, 1.82) is 0 Å². The molecule has 0 saturated carbocycles. The van der Waals surface area contributed by atoms with Gasteiger partial charge in [0.1, 0.15) is 5.75 Å². The summed E-state index contributed by atoms with van der Waals surface area (Å²) in [7, 11) is 0. The van der Waals surface area contributed by atoms with Crippen LogP contribution in [0.4, 0.5) is 18.9 Å². The van der Waals surface area contributed by atoms with Crippen molar-refractivity contribution < 1.29 is 32.6 Å². The zero-order chi connectivity index (χ0) is 23.0. The molecule has 4 rings (SSSR count). The number of nitrogens with one attached hydrogen (secondary N) is 1. The van der Waals surface area contributed by atoms with E-state index in [1.807, 2.05) is 0 Å². The Kier molecular flexibility index (Phi) is 5.36. The number of halogens is 3. The molecule has 1 amide bonds. The summed E-state index contributed by atoms with van der Waals surface area (Å²) in [5.74, 6) is -1.96. The highest BCUT2D eigenvalue weighted by atomic mass is 19.4. The Morgan fingerprint density at radius 1 is 1.22 bits per heavy atom. The van der Waals surface area contributed by atoms with E-state index in [-0.39, 0.29) is 28.6 Å². The van der Waals surface area contributed by atoms with Crippen molar-refractivity contribution in [3.8, 4) is 5.75 Å². The first kappa shape index (κ1) is 21.4. The molecule has 12 heteroatoms. The zero-order valence-corrected chi connectivity index (χ0v) is 16.5. The van der Waals surface area contributed by atoms with E-state index in [2.05, 4.69) is 19.9 Å². The van der Waals surface area contributed by atoms with Crippen molar-refractivity contribution in [2.45, 2.75) is 25.1 Å². The van der Waals surface area contributed by atoms with Crippen molar-refractivity contribution in [1.82, 2.24) is 20.1 Å². The average molecular weight is 449 g/mol. The molecule has 0 bridgehead atoms. The molecule has 1 saturated heterocycles. The van der Waals surface area contributed by atoms with Crippen LogP contribution in [0.3, 0.4) is 0 Å². The van der Waals surface area contributed by atoms with Crippen LogP contribution < -0.4 is 10.5 Å². The number of piperidine rings is 1. The molecule has 9 nitrogen and oxygen atoms in total. The van der Waals surface area contributed by atoms with Crippen LogP contribution in [0, 0.1) is 0 Å². The number of benzene rings is 1. The second kappa shape index (κ2) is 8.02. The summed E-state index contributed by atoms with van der Waals surface area (Å²) in [5.41, 5.74) is 7.01. The van der Waals surface area contributed by atoms with E-state index in [4.69, 9.17) is 5.73 Å². The molecule has 1 aromatic carbocycles. The van der Waals surface area contributed by atoms with Gasteiger partial charge in [0.2, 0.25) is 0 Å². The highest BCUT2D eigenvalue weighted by Gasteiger charge is 2.32. The highest BCUT2D eigenvalue weighted by molar-refractivity contribution is 5.99. The Morgan fingerprint density at radius 3 is 2.56 bits per heavy atom. The quantitative estimate of drug-likeness (QED) is 0.521. The number of fused-ring (bicyclic) bond motifs is 1. The molecular weight excluding hydrogens is 431 g/mol. The number of nitrogen functional groups attached to an aromatic ring is 1. The van der Waals surface area contributed by atoms with Gasteiger partial charge in [-0.15, -0.1) is 13.2 Å². The van der Waals surface area contributed by atoms with Crippen LogP contribution in [0.25, 0.3) is 11.0 Å². The number of H-pyrrole nitrogens is 1. The minimum absolute atomic E-state index is 0.00908. The number of aromatic nitrogens is 3. The molecule has 4 N–H and O–H groups in total. The zero-order valence-electron chi connectivity index (χ0n) is 16.5. The number of nitrogens with two attached hydrogens (primary N) is 1. The molecule has 0 atom stereocenters. The van der Waals surface area contributed by atoms with E-state index in [1.165, 1.54) is 18.3 Å². The molecule has 0 spiro atoms. The molecule has 3 aromatic rings. The van der Waals surface area contributed by atoms with E-state index in [0.29, 0.717) is 37.0 Å². The van der Waals surface area contributed by atoms with Gasteiger partial charge in [-0.1, -0.05) is 0 Å². The van der Waals surface area contributed by atoms with E-state index in [0.717, 1.165) is 17.8 Å². The number of carboxylic acid groups (broad SMARTS) is 1. The van der Waals surface area contributed by atoms with E-state index in [9.17, 15) is 27.9 Å². The fourth-order valence-corrected chi connectivity index (χ4v) is 3.82. The van der Waals surface area contributed by atoms with Crippen LogP contribution in [0.2, 0.25) is 0 Å². The maximum Gasteiger partial charge on any atom is 0.573 e. The van der Waals surface area contributed by atoms with Crippen LogP contribution in [-0.2, 0) is 0 Å². The maximum atomic E-state index is 12.8. The van der Waals surface area contributed by atoms with Gasteiger partial charge in [-0.05, 0) is 31.0 Å². The van der Waals surface area contributed by atoms with E-state index < -0.39 is 18.1 Å². The van der Waals surface area contributed by atoms with Crippen LogP contribution in [0.1, 0.15) is 45.2 Å². The van der Waals surface area contributed by atoms with Gasteiger partial charge in [0.15, 0.2) is 5.65 Å². The predicted octanol–water partition coefficient (Wildman–Crippen LogP) is 3.16. The number of carbonyl (C=O) groups excluding carboxylic acids is 1. The second-order valence-electron chi connectivity index (χ2n) is 7.40. The van der Waals surface area contributed by atoms with E-state index in [1.54, 1.807) is 4.90 Å². The van der Waals surface area contributed by atoms with Crippen molar-refractivity contribution in [3.63, 3.8) is 0 Å². The lowest BCUT2D eigenvalue weighted by Gasteiger charge is -2.32.